The monoisotopic (exact) mass is 244 g/mol. The van der Waals surface area contributed by atoms with Gasteiger partial charge in [0.05, 0.1) is 18.8 Å². The van der Waals surface area contributed by atoms with Gasteiger partial charge in [-0.1, -0.05) is 0 Å². The average molecular weight is 244 g/mol. The van der Waals surface area contributed by atoms with Gasteiger partial charge in [0.2, 0.25) is 0 Å². The molecule has 1 saturated carbocycles. The lowest BCUT2D eigenvalue weighted by molar-refractivity contribution is -0.203. The number of hydrogen-bond acceptors (Lipinski definition) is 4. The zero-order valence-electron chi connectivity index (χ0n) is 10.7. The van der Waals surface area contributed by atoms with E-state index in [0.29, 0.717) is 13.2 Å². The Hall–Kier alpha value is -0.160. The van der Waals surface area contributed by atoms with Gasteiger partial charge in [-0.05, 0) is 32.6 Å². The maximum Gasteiger partial charge on any atom is 0.168 e. The summed E-state index contributed by atoms with van der Waals surface area (Å²) in [5.74, 6) is -0.369. The van der Waals surface area contributed by atoms with Gasteiger partial charge in [-0.2, -0.15) is 0 Å². The van der Waals surface area contributed by atoms with Crippen LogP contribution in [0.4, 0.5) is 0 Å². The molecule has 0 radical (unpaired) electrons. The molecule has 1 N–H and O–H groups in total. The second kappa shape index (κ2) is 5.65. The molecule has 1 heterocycles. The Labute approximate surface area is 103 Å². The van der Waals surface area contributed by atoms with Crippen molar-refractivity contribution < 1.29 is 19.3 Å². The first-order chi connectivity index (χ1) is 8.18. The summed E-state index contributed by atoms with van der Waals surface area (Å²) >= 11 is 0. The number of ether oxygens (including phenoxy) is 3. The van der Waals surface area contributed by atoms with Gasteiger partial charge < -0.3 is 19.3 Å². The molecule has 100 valence electrons. The Morgan fingerprint density at radius 1 is 1.12 bits per heavy atom. The second-order valence-corrected chi connectivity index (χ2v) is 5.13. The summed E-state index contributed by atoms with van der Waals surface area (Å²) in [4.78, 5) is 0. The predicted molar refractivity (Wildman–Crippen MR) is 63.8 cm³/mol. The summed E-state index contributed by atoms with van der Waals surface area (Å²) in [6.07, 6.45) is 4.94. The van der Waals surface area contributed by atoms with Crippen molar-refractivity contribution in [2.24, 2.45) is 0 Å². The van der Waals surface area contributed by atoms with Crippen LogP contribution >= 0.6 is 0 Å². The first-order valence-corrected chi connectivity index (χ1v) is 6.76. The van der Waals surface area contributed by atoms with Gasteiger partial charge in [0.15, 0.2) is 5.79 Å². The van der Waals surface area contributed by atoms with Crippen molar-refractivity contribution >= 4 is 0 Å². The highest BCUT2D eigenvalue weighted by Crippen LogP contribution is 2.41. The minimum absolute atomic E-state index is 0.369. The van der Waals surface area contributed by atoms with Crippen LogP contribution in [0.5, 0.6) is 0 Å². The van der Waals surface area contributed by atoms with Gasteiger partial charge in [0.25, 0.3) is 0 Å². The van der Waals surface area contributed by atoms with Crippen LogP contribution in [0.15, 0.2) is 0 Å². The minimum Gasteiger partial charge on any atom is -0.390 e. The fourth-order valence-corrected chi connectivity index (χ4v) is 2.78. The molecule has 0 aromatic rings. The molecule has 0 unspecified atom stereocenters. The Morgan fingerprint density at radius 2 is 1.76 bits per heavy atom. The van der Waals surface area contributed by atoms with Gasteiger partial charge in [-0.25, -0.2) is 0 Å². The predicted octanol–water partition coefficient (Wildman–Crippen LogP) is 1.85. The normalized spacial score (nSPS) is 26.5. The Morgan fingerprint density at radius 3 is 2.35 bits per heavy atom. The second-order valence-electron chi connectivity index (χ2n) is 5.13. The van der Waals surface area contributed by atoms with Crippen LogP contribution in [0.2, 0.25) is 0 Å². The van der Waals surface area contributed by atoms with Crippen molar-refractivity contribution in [1.29, 1.82) is 0 Å². The molecule has 4 nitrogen and oxygen atoms in total. The Bertz CT molecular complexity index is 226. The zero-order valence-corrected chi connectivity index (χ0v) is 10.7. The largest absolute Gasteiger partial charge is 0.390 e. The van der Waals surface area contributed by atoms with E-state index in [0.717, 1.165) is 51.7 Å². The molecular weight excluding hydrogens is 220 g/mol. The summed E-state index contributed by atoms with van der Waals surface area (Å²) in [6, 6.07) is 0. The molecule has 1 saturated heterocycles. The zero-order chi connectivity index (χ0) is 12.2. The van der Waals surface area contributed by atoms with E-state index in [2.05, 4.69) is 0 Å². The van der Waals surface area contributed by atoms with Gasteiger partial charge in [-0.3, -0.25) is 0 Å². The highest BCUT2D eigenvalue weighted by atomic mass is 16.7. The van der Waals surface area contributed by atoms with E-state index >= 15 is 0 Å². The third-order valence-electron chi connectivity index (χ3n) is 3.89. The van der Waals surface area contributed by atoms with Crippen molar-refractivity contribution in [2.45, 2.75) is 56.8 Å². The summed E-state index contributed by atoms with van der Waals surface area (Å²) in [6.45, 7) is 4.89. The molecule has 0 aromatic carbocycles. The highest BCUT2D eigenvalue weighted by Gasteiger charge is 2.45. The maximum atomic E-state index is 10.4. The van der Waals surface area contributed by atoms with Crippen LogP contribution < -0.4 is 0 Å². The summed E-state index contributed by atoms with van der Waals surface area (Å²) in [5.41, 5.74) is -0.530. The Balaban J connectivity index is 1.72. The lowest BCUT2D eigenvalue weighted by atomic mass is 9.79. The molecule has 2 aliphatic rings. The van der Waals surface area contributed by atoms with Crippen molar-refractivity contribution in [1.82, 2.24) is 0 Å². The molecule has 2 fully saturated rings. The maximum absolute atomic E-state index is 10.4. The first kappa shape index (κ1) is 13.3. The van der Waals surface area contributed by atoms with E-state index in [9.17, 15) is 5.11 Å². The van der Waals surface area contributed by atoms with E-state index in [1.54, 1.807) is 0 Å². The third-order valence-corrected chi connectivity index (χ3v) is 3.89. The number of rotatable bonds is 5. The van der Waals surface area contributed by atoms with Crippen LogP contribution in [0, 0.1) is 0 Å². The fourth-order valence-electron chi connectivity index (χ4n) is 2.78. The van der Waals surface area contributed by atoms with Gasteiger partial charge in [0, 0.05) is 26.1 Å². The van der Waals surface area contributed by atoms with E-state index in [1.165, 1.54) is 0 Å². The van der Waals surface area contributed by atoms with E-state index in [1.807, 2.05) is 6.92 Å². The molecule has 0 bridgehead atoms. The van der Waals surface area contributed by atoms with Crippen LogP contribution in [0.3, 0.4) is 0 Å². The van der Waals surface area contributed by atoms with Gasteiger partial charge in [-0.15, -0.1) is 0 Å². The summed E-state index contributed by atoms with van der Waals surface area (Å²) in [5, 5.41) is 10.4. The topological polar surface area (TPSA) is 47.9 Å². The highest BCUT2D eigenvalue weighted by molar-refractivity contribution is 4.91. The SMILES string of the molecule is CCOCCCC1(O)CCC2(CC1)OCCO2. The van der Waals surface area contributed by atoms with E-state index < -0.39 is 5.60 Å². The van der Waals surface area contributed by atoms with Crippen molar-refractivity contribution in [3.05, 3.63) is 0 Å². The van der Waals surface area contributed by atoms with Crippen molar-refractivity contribution in [3.63, 3.8) is 0 Å². The lowest BCUT2D eigenvalue weighted by Gasteiger charge is -2.40. The molecule has 1 spiro atoms. The van der Waals surface area contributed by atoms with Gasteiger partial charge in [0.1, 0.15) is 0 Å². The molecule has 2 rings (SSSR count). The van der Waals surface area contributed by atoms with Crippen molar-refractivity contribution in [3.8, 4) is 0 Å². The van der Waals surface area contributed by atoms with Gasteiger partial charge >= 0.3 is 0 Å². The third kappa shape index (κ3) is 3.41. The fraction of sp³-hybridized carbons (Fsp3) is 1.00. The van der Waals surface area contributed by atoms with Crippen LogP contribution in [-0.4, -0.2) is 42.9 Å². The molecule has 0 amide bonds. The summed E-state index contributed by atoms with van der Waals surface area (Å²) < 4.78 is 16.6. The molecule has 1 aliphatic carbocycles. The molecule has 4 heteroatoms. The smallest absolute Gasteiger partial charge is 0.168 e. The lowest BCUT2D eigenvalue weighted by Crippen LogP contribution is -2.43. The molecular formula is C13H24O4. The van der Waals surface area contributed by atoms with Crippen LogP contribution in [-0.2, 0) is 14.2 Å². The quantitative estimate of drug-likeness (QED) is 0.750. The van der Waals surface area contributed by atoms with Crippen molar-refractivity contribution in [2.75, 3.05) is 26.4 Å². The number of aliphatic hydroxyl groups is 1. The first-order valence-electron chi connectivity index (χ1n) is 6.76. The van der Waals surface area contributed by atoms with Crippen LogP contribution in [0.25, 0.3) is 0 Å². The molecule has 1 aliphatic heterocycles. The van der Waals surface area contributed by atoms with E-state index in [-0.39, 0.29) is 5.79 Å². The standard InChI is InChI=1S/C13H24O4/c1-2-15-9-3-4-12(14)5-7-13(8-6-12)16-10-11-17-13/h14H,2-11H2,1H3. The average Bonchev–Trinajstić information content (AvgIpc) is 2.79. The molecule has 0 aromatic heterocycles. The van der Waals surface area contributed by atoms with E-state index in [4.69, 9.17) is 14.2 Å². The molecule has 17 heavy (non-hydrogen) atoms. The molecule has 0 atom stereocenters. The minimum atomic E-state index is -0.530. The van der Waals surface area contributed by atoms with Crippen LogP contribution in [0.1, 0.15) is 45.4 Å². The summed E-state index contributed by atoms with van der Waals surface area (Å²) in [7, 11) is 0. The Kier molecular flexibility index (Phi) is 4.42. The number of hydrogen-bond donors (Lipinski definition) is 1.